The maximum absolute atomic E-state index is 10.9. The van der Waals surface area contributed by atoms with Gasteiger partial charge in [0.15, 0.2) is 5.96 Å². The highest BCUT2D eigenvalue weighted by Crippen LogP contribution is 1.99. The Morgan fingerprint density at radius 1 is 1.53 bits per heavy atom. The Bertz CT molecular complexity index is 302. The smallest absolute Gasteiger partial charge is 0.326 e. The predicted molar refractivity (Wildman–Crippen MR) is 70.7 cm³/mol. The van der Waals surface area contributed by atoms with Crippen molar-refractivity contribution >= 4 is 29.1 Å². The van der Waals surface area contributed by atoms with Crippen LogP contribution in [0.2, 0.25) is 0 Å². The van der Waals surface area contributed by atoms with E-state index in [9.17, 15) is 4.79 Å². The van der Waals surface area contributed by atoms with Gasteiger partial charge in [0.2, 0.25) is 0 Å². The number of carboxylic acid groups (broad SMARTS) is 1. The molecule has 2 atom stereocenters. The van der Waals surface area contributed by atoms with Crippen LogP contribution in [-0.2, 0) is 4.79 Å². The van der Waals surface area contributed by atoms with Gasteiger partial charge in [-0.2, -0.15) is 0 Å². The normalized spacial score (nSPS) is 13.5. The van der Waals surface area contributed by atoms with E-state index >= 15 is 0 Å². The predicted octanol–water partition coefficient (Wildman–Crippen LogP) is -1.24. The number of nitrogens with two attached hydrogens (primary N) is 3. The summed E-state index contributed by atoms with van der Waals surface area (Å²) < 4.78 is 0. The molecule has 0 saturated heterocycles. The third-order valence-electron chi connectivity index (χ3n) is 1.97. The van der Waals surface area contributed by atoms with E-state index in [1.54, 1.807) is 6.92 Å². The molecule has 0 aliphatic rings. The summed E-state index contributed by atoms with van der Waals surface area (Å²) in [6.45, 7) is 2.08. The molecule has 0 radical (unpaired) electrons. The van der Waals surface area contributed by atoms with Crippen molar-refractivity contribution in [1.29, 1.82) is 0 Å². The zero-order valence-corrected chi connectivity index (χ0v) is 10.5. The first-order valence-electron chi connectivity index (χ1n) is 5.18. The fourth-order valence-corrected chi connectivity index (χ4v) is 1.21. The first kappa shape index (κ1) is 15.6. The Labute approximate surface area is 105 Å². The van der Waals surface area contributed by atoms with Crippen LogP contribution in [0.5, 0.6) is 0 Å². The Morgan fingerprint density at radius 3 is 2.53 bits per heavy atom. The number of carbonyl (C=O) groups is 1. The number of thiocarbonyl (C=S) groups is 1. The van der Waals surface area contributed by atoms with E-state index < -0.39 is 12.0 Å². The monoisotopic (exact) mass is 261 g/mol. The van der Waals surface area contributed by atoms with Gasteiger partial charge >= 0.3 is 5.97 Å². The van der Waals surface area contributed by atoms with Crippen LogP contribution in [0.3, 0.4) is 0 Å². The molecule has 7 nitrogen and oxygen atoms in total. The minimum absolute atomic E-state index is 0.00376. The molecule has 0 amide bonds. The van der Waals surface area contributed by atoms with E-state index in [-0.39, 0.29) is 12.0 Å². The quantitative estimate of drug-likeness (QED) is 0.167. The van der Waals surface area contributed by atoms with Crippen LogP contribution >= 0.6 is 12.2 Å². The van der Waals surface area contributed by atoms with E-state index in [1.165, 1.54) is 0 Å². The van der Waals surface area contributed by atoms with Gasteiger partial charge in [-0.1, -0.05) is 12.2 Å². The number of nitrogens with one attached hydrogen (secondary N) is 1. The van der Waals surface area contributed by atoms with Gasteiger partial charge in [-0.05, 0) is 19.8 Å². The van der Waals surface area contributed by atoms with Crippen LogP contribution in [0.4, 0.5) is 0 Å². The van der Waals surface area contributed by atoms with Crippen molar-refractivity contribution in [3.05, 3.63) is 0 Å². The van der Waals surface area contributed by atoms with Gasteiger partial charge in [0.1, 0.15) is 6.04 Å². The fourth-order valence-electron chi connectivity index (χ4n) is 1.06. The average molecular weight is 261 g/mol. The standard InChI is InChI=1S/C9H19N5O2S/c1-5(10)7(17)14-6(8(15)16)3-2-4-13-9(11)12/h5-6H,2-4,10H2,1H3,(H,14,17)(H,15,16)(H4,11,12,13)/t5-,6-/m0/s1. The van der Waals surface area contributed by atoms with Gasteiger partial charge < -0.3 is 27.6 Å². The van der Waals surface area contributed by atoms with Crippen molar-refractivity contribution < 1.29 is 9.90 Å². The Kier molecular flexibility index (Phi) is 7.15. The molecule has 0 rings (SSSR count). The lowest BCUT2D eigenvalue weighted by atomic mass is 10.1. The van der Waals surface area contributed by atoms with Crippen LogP contribution in [0, 0.1) is 0 Å². The maximum atomic E-state index is 10.9. The van der Waals surface area contributed by atoms with Crippen LogP contribution < -0.4 is 22.5 Å². The SMILES string of the molecule is C[C@H](N)C(=S)N[C@@H](CCCN=C(N)N)C(=O)O. The molecule has 17 heavy (non-hydrogen) atoms. The zero-order valence-electron chi connectivity index (χ0n) is 9.72. The lowest BCUT2D eigenvalue weighted by Gasteiger charge is -2.17. The van der Waals surface area contributed by atoms with Crippen LogP contribution in [0.1, 0.15) is 19.8 Å². The molecular weight excluding hydrogens is 242 g/mol. The number of rotatable bonds is 7. The number of aliphatic carboxylic acids is 1. The van der Waals surface area contributed by atoms with Gasteiger partial charge in [-0.25, -0.2) is 4.79 Å². The van der Waals surface area contributed by atoms with Crippen molar-refractivity contribution in [3.8, 4) is 0 Å². The van der Waals surface area contributed by atoms with Gasteiger partial charge in [0, 0.05) is 6.54 Å². The summed E-state index contributed by atoms with van der Waals surface area (Å²) in [6.07, 6.45) is 0.919. The van der Waals surface area contributed by atoms with Crippen molar-refractivity contribution in [2.45, 2.75) is 31.8 Å². The number of nitrogens with zero attached hydrogens (tertiary/aromatic N) is 1. The molecule has 0 aromatic rings. The highest BCUT2D eigenvalue weighted by Gasteiger charge is 2.18. The van der Waals surface area contributed by atoms with Gasteiger partial charge in [0.25, 0.3) is 0 Å². The summed E-state index contributed by atoms with van der Waals surface area (Å²) in [6, 6.07) is -1.13. The summed E-state index contributed by atoms with van der Waals surface area (Å²) in [5, 5.41) is 11.7. The second kappa shape index (κ2) is 7.80. The van der Waals surface area contributed by atoms with Gasteiger partial charge in [-0.3, -0.25) is 4.99 Å². The number of hydrogen-bond acceptors (Lipinski definition) is 4. The summed E-state index contributed by atoms with van der Waals surface area (Å²) in [5.41, 5.74) is 15.8. The Morgan fingerprint density at radius 2 is 2.12 bits per heavy atom. The molecule has 98 valence electrons. The third kappa shape index (κ3) is 7.47. The van der Waals surface area contributed by atoms with Crippen LogP contribution in [-0.4, -0.2) is 40.7 Å². The molecule has 0 heterocycles. The first-order valence-corrected chi connectivity index (χ1v) is 5.59. The molecular formula is C9H19N5O2S. The fraction of sp³-hybridized carbons (Fsp3) is 0.667. The van der Waals surface area contributed by atoms with E-state index in [0.717, 1.165) is 0 Å². The van der Waals surface area contributed by atoms with Gasteiger partial charge in [0.05, 0.1) is 11.0 Å². The summed E-state index contributed by atoms with van der Waals surface area (Å²) in [4.78, 5) is 15.0. The van der Waals surface area contributed by atoms with Crippen molar-refractivity contribution in [2.75, 3.05) is 6.54 Å². The lowest BCUT2D eigenvalue weighted by molar-refractivity contribution is -0.139. The number of hydrogen-bond donors (Lipinski definition) is 5. The molecule has 0 aliphatic heterocycles. The third-order valence-corrected chi connectivity index (χ3v) is 2.46. The average Bonchev–Trinajstić information content (AvgIpc) is 2.21. The summed E-state index contributed by atoms with van der Waals surface area (Å²) in [7, 11) is 0. The molecule has 0 aromatic heterocycles. The van der Waals surface area contributed by atoms with E-state index in [2.05, 4.69) is 10.3 Å². The molecule has 8 N–H and O–H groups in total. The highest BCUT2D eigenvalue weighted by atomic mass is 32.1. The molecule has 0 unspecified atom stereocenters. The lowest BCUT2D eigenvalue weighted by Crippen LogP contribution is -2.46. The molecule has 8 heteroatoms. The number of aliphatic imine (C=N–C) groups is 1. The van der Waals surface area contributed by atoms with Crippen molar-refractivity contribution in [1.82, 2.24) is 5.32 Å². The first-order chi connectivity index (χ1) is 7.84. The largest absolute Gasteiger partial charge is 0.480 e. The molecule has 0 aromatic carbocycles. The van der Waals surface area contributed by atoms with E-state index in [4.69, 9.17) is 34.5 Å². The van der Waals surface area contributed by atoms with Crippen molar-refractivity contribution in [2.24, 2.45) is 22.2 Å². The highest BCUT2D eigenvalue weighted by molar-refractivity contribution is 7.80. The zero-order chi connectivity index (χ0) is 13.4. The second-order valence-electron chi connectivity index (χ2n) is 3.64. The van der Waals surface area contributed by atoms with Crippen LogP contribution in [0.25, 0.3) is 0 Å². The minimum Gasteiger partial charge on any atom is -0.480 e. The second-order valence-corrected chi connectivity index (χ2v) is 4.08. The summed E-state index contributed by atoms with van der Waals surface area (Å²) in [5.74, 6) is -0.978. The molecule has 0 saturated carbocycles. The molecule has 0 bridgehead atoms. The minimum atomic E-state index is -0.974. The summed E-state index contributed by atoms with van der Waals surface area (Å²) >= 11 is 4.93. The maximum Gasteiger partial charge on any atom is 0.326 e. The van der Waals surface area contributed by atoms with Crippen molar-refractivity contribution in [3.63, 3.8) is 0 Å². The van der Waals surface area contributed by atoms with Crippen LogP contribution in [0.15, 0.2) is 4.99 Å². The molecule has 0 fully saturated rings. The molecule has 0 spiro atoms. The topological polar surface area (TPSA) is 140 Å². The van der Waals surface area contributed by atoms with E-state index in [0.29, 0.717) is 24.4 Å². The number of carboxylic acids is 1. The Hall–Kier alpha value is -1.41. The number of guanidine groups is 1. The van der Waals surface area contributed by atoms with Gasteiger partial charge in [-0.15, -0.1) is 0 Å². The van der Waals surface area contributed by atoms with E-state index in [1.807, 2.05) is 0 Å². The Balaban J connectivity index is 4.13. The molecule has 0 aliphatic carbocycles.